The van der Waals surface area contributed by atoms with Crippen LogP contribution in [0.1, 0.15) is 20.8 Å². The Hall–Kier alpha value is -0.350. The van der Waals surface area contributed by atoms with E-state index >= 15 is 0 Å². The van der Waals surface area contributed by atoms with Gasteiger partial charge < -0.3 is 0 Å². The van der Waals surface area contributed by atoms with Crippen LogP contribution < -0.4 is 0 Å². The molecule has 0 aromatic heterocycles. The summed E-state index contributed by atoms with van der Waals surface area (Å²) in [5.74, 6) is 0.410. The summed E-state index contributed by atoms with van der Waals surface area (Å²) in [5.41, 5.74) is 0. The van der Waals surface area contributed by atoms with E-state index in [2.05, 4.69) is 0 Å². The molecule has 5 nitrogen and oxygen atoms in total. The van der Waals surface area contributed by atoms with Gasteiger partial charge in [-0.2, -0.15) is 0 Å². The van der Waals surface area contributed by atoms with Crippen molar-refractivity contribution >= 4 is 7.51 Å². The summed E-state index contributed by atoms with van der Waals surface area (Å²) < 4.78 is 27.9. The maximum atomic E-state index is 5.72. The number of methoxy groups -OCH3 is 1. The molecule has 0 aromatic carbocycles. The summed E-state index contributed by atoms with van der Waals surface area (Å²) in [6, 6.07) is 0. The summed E-state index contributed by atoms with van der Waals surface area (Å²) in [4.78, 5) is 0. The Kier molecular flexibility index (Phi) is 4.56. The van der Waals surface area contributed by atoms with Crippen LogP contribution in [0.3, 0.4) is 0 Å². The number of ether oxygens (including phenoxy) is 1. The molecule has 1 aliphatic heterocycles. The van der Waals surface area contributed by atoms with E-state index in [1.165, 1.54) is 0 Å². The first-order chi connectivity index (χ1) is 7.63. The third kappa shape index (κ3) is 2.48. The van der Waals surface area contributed by atoms with E-state index in [0.717, 1.165) is 0 Å². The molecule has 0 saturated heterocycles. The summed E-state index contributed by atoms with van der Waals surface area (Å²) in [5, 5.41) is 0. The number of allylic oxidation sites excluding steroid dienone is 1. The van der Waals surface area contributed by atoms with Gasteiger partial charge >= 0.3 is 96.2 Å². The molecule has 0 radical (unpaired) electrons. The second kappa shape index (κ2) is 5.32. The first-order valence-electron chi connectivity index (χ1n) is 5.55. The molecule has 1 aliphatic rings. The van der Waals surface area contributed by atoms with Crippen LogP contribution in [0.15, 0.2) is 12.0 Å². The molecular weight excluding hydrogens is 231 g/mol. The molecular formula is C10H21O5P. The Morgan fingerprint density at radius 1 is 1.12 bits per heavy atom. The van der Waals surface area contributed by atoms with Crippen molar-refractivity contribution in [1.29, 1.82) is 0 Å². The van der Waals surface area contributed by atoms with Crippen molar-refractivity contribution in [3.05, 3.63) is 12.0 Å². The van der Waals surface area contributed by atoms with Crippen LogP contribution in [0, 0.1) is 0 Å². The quantitative estimate of drug-likeness (QED) is 0.652. The Morgan fingerprint density at radius 3 is 1.94 bits per heavy atom. The average Bonchev–Trinajstić information content (AvgIpc) is 2.60. The first-order valence-corrected chi connectivity index (χ1v) is 7.64. The van der Waals surface area contributed by atoms with Gasteiger partial charge in [0.2, 0.25) is 0 Å². The fourth-order valence-electron chi connectivity index (χ4n) is 1.69. The predicted molar refractivity (Wildman–Crippen MR) is 62.8 cm³/mol. The zero-order valence-corrected chi connectivity index (χ0v) is 11.3. The van der Waals surface area contributed by atoms with Gasteiger partial charge in [-0.25, -0.2) is 0 Å². The van der Waals surface area contributed by atoms with Gasteiger partial charge in [0.05, 0.1) is 0 Å². The van der Waals surface area contributed by atoms with E-state index in [9.17, 15) is 0 Å². The first kappa shape index (κ1) is 13.7. The monoisotopic (exact) mass is 252 g/mol. The molecule has 0 aromatic rings. The third-order valence-corrected chi connectivity index (χ3v) is 5.74. The normalized spacial score (nSPS) is 24.0. The van der Waals surface area contributed by atoms with Crippen molar-refractivity contribution in [1.82, 2.24) is 0 Å². The third-order valence-electron chi connectivity index (χ3n) is 2.16. The summed E-state index contributed by atoms with van der Waals surface area (Å²) in [6.07, 6.45) is 2.28. The zero-order valence-electron chi connectivity index (χ0n) is 10.4. The summed E-state index contributed by atoms with van der Waals surface area (Å²) in [7, 11) is -1.91. The molecule has 0 aliphatic carbocycles. The molecule has 0 bridgehead atoms. The predicted octanol–water partition coefficient (Wildman–Crippen LogP) is 2.83. The number of hydrogen-bond acceptors (Lipinski definition) is 5. The second-order valence-electron chi connectivity index (χ2n) is 3.22. The SMILES string of the molecule is CCOP1(OCC)(OCC)CC=C(OC)O1. The van der Waals surface area contributed by atoms with E-state index in [1.54, 1.807) is 13.2 Å². The van der Waals surface area contributed by atoms with E-state index < -0.39 is 7.51 Å². The maximum absolute atomic E-state index is 5.72. The fourth-order valence-corrected chi connectivity index (χ4v) is 4.90. The van der Waals surface area contributed by atoms with E-state index in [4.69, 9.17) is 22.8 Å². The minimum atomic E-state index is -3.46. The van der Waals surface area contributed by atoms with E-state index in [1.807, 2.05) is 20.8 Å². The summed E-state index contributed by atoms with van der Waals surface area (Å²) in [6.45, 7) is 7.09. The fraction of sp³-hybridized carbons (Fsp3) is 0.800. The van der Waals surface area contributed by atoms with Crippen LogP contribution in [0.4, 0.5) is 0 Å². The number of rotatable bonds is 7. The van der Waals surface area contributed by atoms with Crippen LogP contribution >= 0.6 is 7.51 Å². The van der Waals surface area contributed by atoms with Crippen LogP contribution in [0.2, 0.25) is 0 Å². The topological polar surface area (TPSA) is 46.2 Å². The molecule has 0 saturated carbocycles. The molecule has 1 rings (SSSR count). The zero-order chi connectivity index (χ0) is 12.1. The minimum absolute atomic E-state index is 0.410. The van der Waals surface area contributed by atoms with Gasteiger partial charge in [-0.1, -0.05) is 0 Å². The van der Waals surface area contributed by atoms with Crippen LogP contribution in [-0.4, -0.2) is 33.1 Å². The van der Waals surface area contributed by atoms with Crippen molar-refractivity contribution in [2.75, 3.05) is 33.1 Å². The van der Waals surface area contributed by atoms with Crippen molar-refractivity contribution in [2.45, 2.75) is 20.8 Å². The molecule has 0 spiro atoms. The van der Waals surface area contributed by atoms with E-state index in [0.29, 0.717) is 31.9 Å². The van der Waals surface area contributed by atoms with Gasteiger partial charge in [-0.3, -0.25) is 0 Å². The van der Waals surface area contributed by atoms with Gasteiger partial charge in [-0.15, -0.1) is 0 Å². The molecule has 0 amide bonds. The molecule has 6 heteroatoms. The van der Waals surface area contributed by atoms with Gasteiger partial charge in [0.15, 0.2) is 0 Å². The molecule has 0 atom stereocenters. The van der Waals surface area contributed by atoms with Crippen molar-refractivity contribution in [3.63, 3.8) is 0 Å². The van der Waals surface area contributed by atoms with Gasteiger partial charge in [0, 0.05) is 0 Å². The molecule has 0 unspecified atom stereocenters. The summed E-state index contributed by atoms with van der Waals surface area (Å²) >= 11 is 0. The van der Waals surface area contributed by atoms with Gasteiger partial charge in [-0.05, 0) is 0 Å². The Balaban J connectivity index is 2.91. The standard InChI is InChI=1S/C10H21O5P/c1-5-12-16(13-6-2,14-7-3)9-8-10(11-4)15-16/h8H,5-7,9H2,1-4H3. The molecule has 96 valence electrons. The van der Waals surface area contributed by atoms with Crippen molar-refractivity contribution in [2.24, 2.45) is 0 Å². The molecule has 0 N–H and O–H groups in total. The van der Waals surface area contributed by atoms with Crippen molar-refractivity contribution in [3.8, 4) is 0 Å². The Bertz CT molecular complexity index is 246. The molecule has 0 fully saturated rings. The Morgan fingerprint density at radius 2 is 1.62 bits per heavy atom. The number of hydrogen-bond donors (Lipinski definition) is 0. The van der Waals surface area contributed by atoms with E-state index in [-0.39, 0.29) is 0 Å². The Labute approximate surface area is 96.9 Å². The molecule has 1 heterocycles. The van der Waals surface area contributed by atoms with Crippen LogP contribution in [0.5, 0.6) is 0 Å². The average molecular weight is 252 g/mol. The van der Waals surface area contributed by atoms with Crippen LogP contribution in [0.25, 0.3) is 0 Å². The second-order valence-corrected chi connectivity index (χ2v) is 6.47. The molecule has 16 heavy (non-hydrogen) atoms. The van der Waals surface area contributed by atoms with Gasteiger partial charge in [0.25, 0.3) is 0 Å². The van der Waals surface area contributed by atoms with Gasteiger partial charge in [0.1, 0.15) is 0 Å². The van der Waals surface area contributed by atoms with Crippen LogP contribution in [-0.2, 0) is 22.8 Å². The van der Waals surface area contributed by atoms with Crippen molar-refractivity contribution < 1.29 is 22.8 Å².